The fourth-order valence-corrected chi connectivity index (χ4v) is 3.98. The number of rotatable bonds is 8. The fraction of sp³-hybridized carbons (Fsp3) is 0.269. The summed E-state index contributed by atoms with van der Waals surface area (Å²) in [5.41, 5.74) is 3.33. The summed E-state index contributed by atoms with van der Waals surface area (Å²) in [6.07, 6.45) is 1.98. The van der Waals surface area contributed by atoms with Gasteiger partial charge >= 0.3 is 5.97 Å². The van der Waals surface area contributed by atoms with Gasteiger partial charge in [-0.2, -0.15) is 0 Å². The number of anilines is 1. The van der Waals surface area contributed by atoms with Crippen LogP contribution >= 0.6 is 11.6 Å². The third-order valence-electron chi connectivity index (χ3n) is 5.69. The highest BCUT2D eigenvalue weighted by atomic mass is 35.5. The van der Waals surface area contributed by atoms with Crippen LogP contribution in [-0.2, 0) is 9.53 Å². The molecule has 0 bridgehead atoms. The highest BCUT2D eigenvalue weighted by Gasteiger charge is 2.24. The van der Waals surface area contributed by atoms with Crippen LogP contribution in [0.25, 0.3) is 5.69 Å². The van der Waals surface area contributed by atoms with Crippen LogP contribution in [-0.4, -0.2) is 42.1 Å². The molecule has 2 aromatic carbocycles. The van der Waals surface area contributed by atoms with E-state index in [0.717, 1.165) is 18.5 Å². The molecule has 3 aromatic rings. The Kier molecular flexibility index (Phi) is 7.12. The number of hydrogen-bond donors (Lipinski definition) is 2. The van der Waals surface area contributed by atoms with Crippen LogP contribution in [0.2, 0.25) is 5.02 Å². The molecule has 9 heteroatoms. The van der Waals surface area contributed by atoms with Crippen molar-refractivity contribution in [2.24, 2.45) is 0 Å². The van der Waals surface area contributed by atoms with Gasteiger partial charge in [0.25, 0.3) is 11.8 Å². The SMILES string of the molecule is COc1ccc(Cl)cc1-n1c(C)cc(C(=O)OCC(=O)Nc2cccc(C(=O)NC3CC3)c2)c1C. The highest BCUT2D eigenvalue weighted by molar-refractivity contribution is 6.30. The Bertz CT molecular complexity index is 1300. The first-order chi connectivity index (χ1) is 16.8. The molecule has 1 aliphatic rings. The Morgan fingerprint density at radius 1 is 1.09 bits per heavy atom. The average molecular weight is 496 g/mol. The minimum Gasteiger partial charge on any atom is -0.495 e. The summed E-state index contributed by atoms with van der Waals surface area (Å²) < 4.78 is 12.6. The third kappa shape index (κ3) is 5.66. The molecule has 0 atom stereocenters. The van der Waals surface area contributed by atoms with E-state index in [1.165, 1.54) is 0 Å². The molecule has 182 valence electrons. The molecular weight excluding hydrogens is 470 g/mol. The van der Waals surface area contributed by atoms with Crippen LogP contribution in [0, 0.1) is 13.8 Å². The predicted octanol–water partition coefficient (Wildman–Crippen LogP) is 4.44. The van der Waals surface area contributed by atoms with E-state index < -0.39 is 18.5 Å². The lowest BCUT2D eigenvalue weighted by Gasteiger charge is -2.14. The number of aromatic nitrogens is 1. The Morgan fingerprint density at radius 3 is 2.57 bits per heavy atom. The van der Waals surface area contributed by atoms with Crippen molar-refractivity contribution in [3.05, 3.63) is 76.1 Å². The lowest BCUT2D eigenvalue weighted by Crippen LogP contribution is -2.25. The Labute approximate surface area is 208 Å². The molecule has 4 rings (SSSR count). The minimum absolute atomic E-state index is 0.179. The summed E-state index contributed by atoms with van der Waals surface area (Å²) in [6, 6.07) is 13.8. The Balaban J connectivity index is 1.41. The summed E-state index contributed by atoms with van der Waals surface area (Å²) in [6.45, 7) is 3.16. The van der Waals surface area contributed by atoms with Gasteiger partial charge in [0.05, 0.1) is 18.4 Å². The highest BCUT2D eigenvalue weighted by Crippen LogP contribution is 2.31. The zero-order chi connectivity index (χ0) is 25.1. The number of hydrogen-bond acceptors (Lipinski definition) is 5. The number of aryl methyl sites for hydroxylation is 1. The quantitative estimate of drug-likeness (QED) is 0.450. The third-order valence-corrected chi connectivity index (χ3v) is 5.92. The van der Waals surface area contributed by atoms with Gasteiger partial charge in [0, 0.05) is 33.7 Å². The number of carbonyl (C=O) groups excluding carboxylic acids is 3. The summed E-state index contributed by atoms with van der Waals surface area (Å²) in [5, 5.41) is 6.09. The van der Waals surface area contributed by atoms with Crippen LogP contribution in [0.1, 0.15) is 44.9 Å². The average Bonchev–Trinajstić information content (AvgIpc) is 3.60. The van der Waals surface area contributed by atoms with Crippen LogP contribution in [0.4, 0.5) is 5.69 Å². The standard InChI is InChI=1S/C26H26ClN3O5/c1-15-11-21(16(2)30(15)22-13-18(27)7-10-23(22)34-3)26(33)35-14-24(31)28-20-6-4-5-17(12-20)25(32)29-19-8-9-19/h4-7,10-13,19H,8-9,14H2,1-3H3,(H,28,31)(H,29,32). The number of amides is 2. The van der Waals surface area contributed by atoms with Crippen molar-refractivity contribution in [1.29, 1.82) is 0 Å². The zero-order valence-corrected chi connectivity index (χ0v) is 20.4. The van der Waals surface area contributed by atoms with Crippen LogP contribution in [0.5, 0.6) is 5.75 Å². The maximum Gasteiger partial charge on any atom is 0.340 e. The normalized spacial score (nSPS) is 12.7. The molecule has 0 spiro atoms. The van der Waals surface area contributed by atoms with E-state index in [0.29, 0.717) is 39.0 Å². The van der Waals surface area contributed by atoms with Crippen molar-refractivity contribution in [2.45, 2.75) is 32.7 Å². The molecule has 8 nitrogen and oxygen atoms in total. The molecule has 0 saturated heterocycles. The first-order valence-corrected chi connectivity index (χ1v) is 11.6. The molecule has 35 heavy (non-hydrogen) atoms. The number of carbonyl (C=O) groups is 3. The summed E-state index contributed by atoms with van der Waals surface area (Å²) in [5.74, 6) is -0.716. The Hall–Kier alpha value is -3.78. The minimum atomic E-state index is -0.627. The van der Waals surface area contributed by atoms with Gasteiger partial charge in [-0.05, 0) is 69.2 Å². The molecule has 2 N–H and O–H groups in total. The second-order valence-corrected chi connectivity index (χ2v) is 8.83. The van der Waals surface area contributed by atoms with Crippen molar-refractivity contribution < 1.29 is 23.9 Å². The van der Waals surface area contributed by atoms with Crippen LogP contribution in [0.15, 0.2) is 48.5 Å². The Morgan fingerprint density at radius 2 is 1.86 bits per heavy atom. The van der Waals surface area contributed by atoms with Crippen LogP contribution in [0.3, 0.4) is 0 Å². The van der Waals surface area contributed by atoms with E-state index in [1.54, 1.807) is 62.6 Å². The molecule has 1 saturated carbocycles. The maximum absolute atomic E-state index is 12.8. The molecule has 1 fully saturated rings. The number of benzene rings is 2. The van der Waals surface area contributed by atoms with Gasteiger partial charge in [0.2, 0.25) is 0 Å². The number of nitrogens with zero attached hydrogens (tertiary/aromatic N) is 1. The monoisotopic (exact) mass is 495 g/mol. The number of methoxy groups -OCH3 is 1. The molecule has 0 unspecified atom stereocenters. The number of esters is 1. The van der Waals surface area contributed by atoms with E-state index in [-0.39, 0.29) is 11.9 Å². The van der Waals surface area contributed by atoms with Crippen LogP contribution < -0.4 is 15.4 Å². The van der Waals surface area contributed by atoms with Gasteiger partial charge < -0.3 is 24.7 Å². The molecule has 1 aromatic heterocycles. The van der Waals surface area contributed by atoms with Gasteiger partial charge in [0.1, 0.15) is 5.75 Å². The molecule has 0 aliphatic heterocycles. The van der Waals surface area contributed by atoms with Crippen molar-refractivity contribution in [3.63, 3.8) is 0 Å². The second kappa shape index (κ2) is 10.2. The number of halogens is 1. The van der Waals surface area contributed by atoms with E-state index in [4.69, 9.17) is 21.1 Å². The molecule has 1 aliphatic carbocycles. The summed E-state index contributed by atoms with van der Waals surface area (Å²) >= 11 is 6.17. The van der Waals surface area contributed by atoms with Crippen molar-refractivity contribution >= 4 is 35.1 Å². The molecule has 1 heterocycles. The lowest BCUT2D eigenvalue weighted by molar-refractivity contribution is -0.119. The molecular formula is C26H26ClN3O5. The molecule has 0 radical (unpaired) electrons. The largest absolute Gasteiger partial charge is 0.495 e. The van der Waals surface area contributed by atoms with Gasteiger partial charge in [0.15, 0.2) is 6.61 Å². The number of ether oxygens (including phenoxy) is 2. The molecule has 2 amide bonds. The first kappa shape index (κ1) is 24.3. The van der Waals surface area contributed by atoms with E-state index >= 15 is 0 Å². The smallest absolute Gasteiger partial charge is 0.340 e. The predicted molar refractivity (Wildman–Crippen MR) is 133 cm³/mol. The van der Waals surface area contributed by atoms with Gasteiger partial charge in [-0.25, -0.2) is 4.79 Å². The van der Waals surface area contributed by atoms with Crippen molar-refractivity contribution in [1.82, 2.24) is 9.88 Å². The number of nitrogens with one attached hydrogen (secondary N) is 2. The van der Waals surface area contributed by atoms with Crippen molar-refractivity contribution in [2.75, 3.05) is 19.0 Å². The maximum atomic E-state index is 12.8. The first-order valence-electron chi connectivity index (χ1n) is 11.2. The van der Waals surface area contributed by atoms with Gasteiger partial charge in [-0.15, -0.1) is 0 Å². The topological polar surface area (TPSA) is 98.7 Å². The van der Waals surface area contributed by atoms with E-state index in [1.807, 2.05) is 11.5 Å². The lowest BCUT2D eigenvalue weighted by atomic mass is 10.2. The van der Waals surface area contributed by atoms with E-state index in [9.17, 15) is 14.4 Å². The van der Waals surface area contributed by atoms with E-state index in [2.05, 4.69) is 10.6 Å². The zero-order valence-electron chi connectivity index (χ0n) is 19.7. The van der Waals surface area contributed by atoms with Gasteiger partial charge in [-0.3, -0.25) is 9.59 Å². The van der Waals surface area contributed by atoms with Gasteiger partial charge in [-0.1, -0.05) is 17.7 Å². The van der Waals surface area contributed by atoms with Crippen molar-refractivity contribution in [3.8, 4) is 11.4 Å². The summed E-state index contributed by atoms with van der Waals surface area (Å²) in [4.78, 5) is 37.4. The summed E-state index contributed by atoms with van der Waals surface area (Å²) in [7, 11) is 1.56. The second-order valence-electron chi connectivity index (χ2n) is 8.39. The fourth-order valence-electron chi connectivity index (χ4n) is 3.82.